The molecule has 1 fully saturated rings. The average Bonchev–Trinajstić information content (AvgIpc) is 3.26. The zero-order chi connectivity index (χ0) is 17.9. The Balaban J connectivity index is 1.50. The normalized spacial score (nSPS) is 14.3. The lowest BCUT2D eigenvalue weighted by molar-refractivity contribution is -0.127. The third-order valence-corrected chi connectivity index (χ3v) is 5.69. The highest BCUT2D eigenvalue weighted by atomic mass is 32.1. The fourth-order valence-corrected chi connectivity index (χ4v) is 4.29. The number of thiophene rings is 1. The monoisotopic (exact) mass is 366 g/mol. The molecule has 2 aromatic heterocycles. The summed E-state index contributed by atoms with van der Waals surface area (Å²) in [6.45, 7) is 4.60. The van der Waals surface area contributed by atoms with Crippen LogP contribution in [0.2, 0.25) is 0 Å². The van der Waals surface area contributed by atoms with Gasteiger partial charge in [0, 0.05) is 37.0 Å². The predicted molar refractivity (Wildman–Crippen MR) is 107 cm³/mol. The molecule has 0 radical (unpaired) electrons. The number of fused-ring (bicyclic) bond motifs is 1. The molecule has 1 aromatic carbocycles. The van der Waals surface area contributed by atoms with E-state index >= 15 is 0 Å². The van der Waals surface area contributed by atoms with Gasteiger partial charge < -0.3 is 10.2 Å². The first-order valence-corrected chi connectivity index (χ1v) is 9.91. The molecule has 5 nitrogen and oxygen atoms in total. The number of aryl methyl sites for hydroxylation is 1. The maximum Gasteiger partial charge on any atom is 0.222 e. The minimum Gasteiger partial charge on any atom is -0.369 e. The van der Waals surface area contributed by atoms with E-state index in [2.05, 4.69) is 51.9 Å². The Hall–Kier alpha value is -2.47. The van der Waals surface area contributed by atoms with Gasteiger partial charge in [-0.25, -0.2) is 9.97 Å². The number of aromatic nitrogens is 2. The molecule has 1 saturated heterocycles. The number of benzene rings is 1. The lowest BCUT2D eigenvalue weighted by atomic mass is 10.0. The van der Waals surface area contributed by atoms with Crippen LogP contribution in [-0.4, -0.2) is 40.4 Å². The second-order valence-electron chi connectivity index (χ2n) is 6.68. The standard InChI is InChI=1S/C20H22N4OS/c1-14-5-7-15(8-6-14)16-12-26-20-18(16)19(22-13-23-20)21-9-3-11-24-10-2-4-17(24)25/h5-8,12-13H,2-4,9-11H2,1H3,(H,21,22,23). The number of nitrogens with zero attached hydrogens (tertiary/aromatic N) is 3. The van der Waals surface area contributed by atoms with E-state index in [0.29, 0.717) is 6.42 Å². The van der Waals surface area contributed by atoms with E-state index in [1.54, 1.807) is 17.7 Å². The van der Waals surface area contributed by atoms with Crippen LogP contribution >= 0.6 is 11.3 Å². The van der Waals surface area contributed by atoms with Gasteiger partial charge in [-0.2, -0.15) is 0 Å². The number of anilines is 1. The zero-order valence-corrected chi connectivity index (χ0v) is 15.7. The minimum atomic E-state index is 0.286. The number of hydrogen-bond acceptors (Lipinski definition) is 5. The molecule has 1 aliphatic rings. The summed E-state index contributed by atoms with van der Waals surface area (Å²) in [5, 5.41) is 6.68. The van der Waals surface area contributed by atoms with E-state index in [0.717, 1.165) is 48.5 Å². The van der Waals surface area contributed by atoms with Gasteiger partial charge in [-0.3, -0.25) is 4.79 Å². The van der Waals surface area contributed by atoms with Gasteiger partial charge >= 0.3 is 0 Å². The molecule has 0 spiro atoms. The van der Waals surface area contributed by atoms with Gasteiger partial charge in [-0.05, 0) is 25.3 Å². The lowest BCUT2D eigenvalue weighted by Crippen LogP contribution is -2.27. The summed E-state index contributed by atoms with van der Waals surface area (Å²) >= 11 is 1.64. The van der Waals surface area contributed by atoms with Crippen molar-refractivity contribution in [1.29, 1.82) is 0 Å². The van der Waals surface area contributed by atoms with Gasteiger partial charge in [0.25, 0.3) is 0 Å². The van der Waals surface area contributed by atoms with Crippen LogP contribution in [0.5, 0.6) is 0 Å². The molecule has 3 aromatic rings. The van der Waals surface area contributed by atoms with Crippen molar-refractivity contribution < 1.29 is 4.79 Å². The molecule has 6 heteroatoms. The van der Waals surface area contributed by atoms with Gasteiger partial charge in [0.15, 0.2) is 0 Å². The van der Waals surface area contributed by atoms with Gasteiger partial charge in [-0.1, -0.05) is 29.8 Å². The van der Waals surface area contributed by atoms with Crippen molar-refractivity contribution in [2.45, 2.75) is 26.2 Å². The number of carbonyl (C=O) groups is 1. The molecule has 134 valence electrons. The number of nitrogens with one attached hydrogen (secondary N) is 1. The Morgan fingerprint density at radius 2 is 2.08 bits per heavy atom. The number of carbonyl (C=O) groups excluding carboxylic acids is 1. The summed E-state index contributed by atoms with van der Waals surface area (Å²) in [5.41, 5.74) is 3.60. The molecule has 0 saturated carbocycles. The van der Waals surface area contributed by atoms with E-state index in [9.17, 15) is 4.79 Å². The van der Waals surface area contributed by atoms with E-state index in [4.69, 9.17) is 0 Å². The molecule has 0 unspecified atom stereocenters. The van der Waals surface area contributed by atoms with Gasteiger partial charge in [-0.15, -0.1) is 11.3 Å². The summed E-state index contributed by atoms with van der Waals surface area (Å²) in [6.07, 6.45) is 4.23. The van der Waals surface area contributed by atoms with Crippen LogP contribution in [0, 0.1) is 6.92 Å². The van der Waals surface area contributed by atoms with Crippen LogP contribution in [0.25, 0.3) is 21.3 Å². The summed E-state index contributed by atoms with van der Waals surface area (Å²) in [4.78, 5) is 23.5. The van der Waals surface area contributed by atoms with E-state index in [-0.39, 0.29) is 5.91 Å². The van der Waals surface area contributed by atoms with E-state index in [1.807, 2.05) is 4.90 Å². The van der Waals surface area contributed by atoms with Crippen LogP contribution in [0.3, 0.4) is 0 Å². The fourth-order valence-electron chi connectivity index (χ4n) is 3.37. The second-order valence-corrected chi connectivity index (χ2v) is 7.54. The van der Waals surface area contributed by atoms with Crippen molar-refractivity contribution in [1.82, 2.24) is 14.9 Å². The molecule has 1 N–H and O–H groups in total. The van der Waals surface area contributed by atoms with Crippen molar-refractivity contribution in [3.8, 4) is 11.1 Å². The Morgan fingerprint density at radius 1 is 1.23 bits per heavy atom. The number of amides is 1. The maximum atomic E-state index is 11.7. The average molecular weight is 366 g/mol. The third-order valence-electron chi connectivity index (χ3n) is 4.80. The quantitative estimate of drug-likeness (QED) is 0.668. The Labute approximate surface area is 157 Å². The minimum absolute atomic E-state index is 0.286. The zero-order valence-electron chi connectivity index (χ0n) is 14.9. The first kappa shape index (κ1) is 17.0. The number of likely N-dealkylation sites (tertiary alicyclic amines) is 1. The van der Waals surface area contributed by atoms with Gasteiger partial charge in [0.1, 0.15) is 17.0 Å². The number of rotatable bonds is 6. The predicted octanol–water partition coefficient (Wildman–Crippen LogP) is 4.09. The lowest BCUT2D eigenvalue weighted by Gasteiger charge is -2.15. The summed E-state index contributed by atoms with van der Waals surface area (Å²) in [6, 6.07) is 8.55. The van der Waals surface area contributed by atoms with E-state index < -0.39 is 0 Å². The molecule has 4 rings (SSSR count). The second kappa shape index (κ2) is 7.41. The SMILES string of the molecule is Cc1ccc(-c2csc3ncnc(NCCCN4CCCC4=O)c23)cc1. The van der Waals surface area contributed by atoms with E-state index in [1.165, 1.54) is 16.7 Å². The topological polar surface area (TPSA) is 58.1 Å². The molecule has 0 aliphatic carbocycles. The van der Waals surface area contributed by atoms with Crippen LogP contribution in [0.15, 0.2) is 36.0 Å². The summed E-state index contributed by atoms with van der Waals surface area (Å²) in [7, 11) is 0. The van der Waals surface area contributed by atoms with Crippen LogP contribution in [-0.2, 0) is 4.79 Å². The Bertz CT molecular complexity index is 919. The largest absolute Gasteiger partial charge is 0.369 e. The molecule has 0 bridgehead atoms. The van der Waals surface area contributed by atoms with Crippen LogP contribution in [0.1, 0.15) is 24.8 Å². The third kappa shape index (κ3) is 3.42. The Morgan fingerprint density at radius 3 is 2.85 bits per heavy atom. The summed E-state index contributed by atoms with van der Waals surface area (Å²) < 4.78 is 0. The fraction of sp³-hybridized carbons (Fsp3) is 0.350. The highest BCUT2D eigenvalue weighted by Crippen LogP contribution is 2.36. The molecule has 1 aliphatic heterocycles. The van der Waals surface area contributed by atoms with Crippen molar-refractivity contribution in [3.63, 3.8) is 0 Å². The van der Waals surface area contributed by atoms with Crippen molar-refractivity contribution in [2.24, 2.45) is 0 Å². The molecule has 0 atom stereocenters. The molecular formula is C20H22N4OS. The van der Waals surface area contributed by atoms with Crippen molar-refractivity contribution in [3.05, 3.63) is 41.5 Å². The summed E-state index contributed by atoms with van der Waals surface area (Å²) in [5.74, 6) is 1.16. The highest BCUT2D eigenvalue weighted by Gasteiger charge is 2.19. The van der Waals surface area contributed by atoms with Crippen molar-refractivity contribution in [2.75, 3.05) is 25.0 Å². The highest BCUT2D eigenvalue weighted by molar-refractivity contribution is 7.17. The smallest absolute Gasteiger partial charge is 0.222 e. The molecule has 1 amide bonds. The van der Waals surface area contributed by atoms with Crippen LogP contribution in [0.4, 0.5) is 5.82 Å². The van der Waals surface area contributed by atoms with Crippen LogP contribution < -0.4 is 5.32 Å². The molecule has 3 heterocycles. The Kier molecular flexibility index (Phi) is 4.84. The van der Waals surface area contributed by atoms with Gasteiger partial charge in [0.2, 0.25) is 5.91 Å². The first-order chi connectivity index (χ1) is 12.7. The first-order valence-electron chi connectivity index (χ1n) is 9.03. The molecular weight excluding hydrogens is 344 g/mol. The van der Waals surface area contributed by atoms with Crippen molar-refractivity contribution >= 4 is 33.3 Å². The van der Waals surface area contributed by atoms with Gasteiger partial charge in [0.05, 0.1) is 5.39 Å². The maximum absolute atomic E-state index is 11.7. The molecule has 26 heavy (non-hydrogen) atoms. The number of hydrogen-bond donors (Lipinski definition) is 1.